The average molecular weight is 731 g/mol. The van der Waals surface area contributed by atoms with Crippen LogP contribution in [0.3, 0.4) is 0 Å². The molecule has 14 heteroatoms. The molecule has 7 nitrogen and oxygen atoms in total. The molecular formula is C36H36ClF5N6OS. The number of fused-ring (bicyclic) bond motifs is 2. The molecule has 1 aromatic heterocycles. The Balaban J connectivity index is 0.000000375. The maximum atomic E-state index is 16.5. The molecule has 2 aromatic carbocycles. The number of nitrogen functional groups attached to an aromatic ring is 1. The van der Waals surface area contributed by atoms with Crippen LogP contribution < -0.4 is 15.4 Å². The van der Waals surface area contributed by atoms with Crippen LogP contribution in [-0.4, -0.2) is 73.0 Å². The molecule has 5 aliphatic rings. The van der Waals surface area contributed by atoms with E-state index in [9.17, 15) is 22.8 Å². The molecule has 2 N–H and O–H groups in total. The normalized spacial score (nSPS) is 24.1. The summed E-state index contributed by atoms with van der Waals surface area (Å²) in [6.07, 6.45) is 0.713. The van der Waals surface area contributed by atoms with Crippen molar-refractivity contribution in [3.05, 3.63) is 58.9 Å². The van der Waals surface area contributed by atoms with Crippen LogP contribution >= 0.6 is 22.9 Å². The molecule has 3 saturated heterocycles. The molecule has 8 rings (SSSR count). The Morgan fingerprint density at radius 3 is 2.70 bits per heavy atom. The minimum absolute atomic E-state index is 0.000380. The van der Waals surface area contributed by atoms with Gasteiger partial charge in [0, 0.05) is 42.5 Å². The quantitative estimate of drug-likeness (QED) is 0.265. The first-order chi connectivity index (χ1) is 23.9. The monoisotopic (exact) mass is 730 g/mol. The smallest absolute Gasteiger partial charge is 0.277 e. The number of alkyl halides is 3. The van der Waals surface area contributed by atoms with Gasteiger partial charge in [-0.05, 0) is 50.3 Å². The largest absolute Gasteiger partial charge is 0.484 e. The van der Waals surface area contributed by atoms with Crippen LogP contribution in [0.2, 0.25) is 5.02 Å². The molecular weight excluding hydrogens is 695 g/mol. The van der Waals surface area contributed by atoms with Gasteiger partial charge in [-0.3, -0.25) is 4.90 Å². The number of benzene rings is 2. The number of nitrogens with two attached hydrogens (primary N) is 1. The summed E-state index contributed by atoms with van der Waals surface area (Å²) in [4.78, 5) is 10.3. The van der Waals surface area contributed by atoms with Crippen molar-refractivity contribution >= 4 is 55.1 Å². The number of halogens is 6. The summed E-state index contributed by atoms with van der Waals surface area (Å²) in [6.45, 7) is 12.5. The molecule has 5 aliphatic heterocycles. The second-order valence-electron chi connectivity index (χ2n) is 13.3. The van der Waals surface area contributed by atoms with Gasteiger partial charge < -0.3 is 20.3 Å². The Kier molecular flexibility index (Phi) is 9.24. The molecule has 0 spiro atoms. The summed E-state index contributed by atoms with van der Waals surface area (Å²) in [6, 6.07) is 5.15. The number of thiophene rings is 1. The molecule has 3 aromatic rings. The number of anilines is 2. The van der Waals surface area contributed by atoms with Crippen molar-refractivity contribution < 1.29 is 26.7 Å². The predicted octanol–water partition coefficient (Wildman–Crippen LogP) is 8.82. The molecule has 0 amide bonds. The molecule has 0 radical (unpaired) electrons. The minimum atomic E-state index is -2.66. The Morgan fingerprint density at radius 1 is 1.22 bits per heavy atom. The van der Waals surface area contributed by atoms with Crippen LogP contribution in [0, 0.1) is 28.9 Å². The van der Waals surface area contributed by atoms with Crippen LogP contribution in [0.25, 0.3) is 21.2 Å². The van der Waals surface area contributed by atoms with E-state index >= 15 is 4.39 Å². The van der Waals surface area contributed by atoms with E-state index in [0.717, 1.165) is 24.3 Å². The fourth-order valence-corrected chi connectivity index (χ4v) is 9.22. The van der Waals surface area contributed by atoms with Crippen molar-refractivity contribution in [2.24, 2.45) is 10.9 Å². The lowest BCUT2D eigenvalue weighted by Gasteiger charge is -2.42. The van der Waals surface area contributed by atoms with E-state index in [2.05, 4.69) is 23.1 Å². The summed E-state index contributed by atoms with van der Waals surface area (Å²) in [5, 5.41) is 9.98. The fraction of sp³-hybridized carbons (Fsp3) is 0.444. The molecule has 0 bridgehead atoms. The molecule has 0 saturated carbocycles. The van der Waals surface area contributed by atoms with Gasteiger partial charge in [0.05, 0.1) is 38.9 Å². The van der Waals surface area contributed by atoms with E-state index < -0.39 is 30.3 Å². The van der Waals surface area contributed by atoms with Gasteiger partial charge >= 0.3 is 0 Å². The molecule has 6 heterocycles. The maximum Gasteiger partial charge on any atom is 0.277 e. The first-order valence-electron chi connectivity index (χ1n) is 16.7. The average Bonchev–Trinajstić information content (AvgIpc) is 3.89. The van der Waals surface area contributed by atoms with E-state index in [-0.39, 0.29) is 59.9 Å². The summed E-state index contributed by atoms with van der Waals surface area (Å²) in [7, 11) is 0. The molecule has 3 fully saturated rings. The first kappa shape index (κ1) is 34.6. The zero-order valence-electron chi connectivity index (χ0n) is 27.4. The lowest BCUT2D eigenvalue weighted by Crippen LogP contribution is -2.46. The van der Waals surface area contributed by atoms with Crippen molar-refractivity contribution in [1.29, 1.82) is 5.26 Å². The zero-order valence-corrected chi connectivity index (χ0v) is 29.0. The summed E-state index contributed by atoms with van der Waals surface area (Å²) in [5.41, 5.74) is 7.37. The number of ether oxygens (including phenoxy) is 1. The number of nitrogens with zero attached hydrogens (tertiary/aromatic N) is 5. The molecule has 50 heavy (non-hydrogen) atoms. The first-order valence-corrected chi connectivity index (χ1v) is 17.9. The topological polar surface area (TPSA) is 81.1 Å². The van der Waals surface area contributed by atoms with Gasteiger partial charge in [0.15, 0.2) is 11.6 Å². The van der Waals surface area contributed by atoms with E-state index in [1.165, 1.54) is 25.0 Å². The van der Waals surface area contributed by atoms with Gasteiger partial charge in [0.25, 0.3) is 6.43 Å². The third-order valence-electron chi connectivity index (χ3n) is 10.5. The second kappa shape index (κ2) is 13.4. The number of aliphatic imine (C=N–C) groups is 1. The highest BCUT2D eigenvalue weighted by atomic mass is 35.5. The van der Waals surface area contributed by atoms with Gasteiger partial charge in [0.1, 0.15) is 40.5 Å². The Labute approximate surface area is 296 Å². The number of allylic oxidation sites excluding steroid dienone is 2. The lowest BCUT2D eigenvalue weighted by atomic mass is 9.93. The van der Waals surface area contributed by atoms with E-state index in [1.807, 2.05) is 17.9 Å². The third kappa shape index (κ3) is 5.69. The zero-order chi connectivity index (χ0) is 35.6. The highest BCUT2D eigenvalue weighted by molar-refractivity contribution is 7.23. The number of hydrogen-bond donors (Lipinski definition) is 1. The van der Waals surface area contributed by atoms with Crippen molar-refractivity contribution in [2.45, 2.75) is 63.8 Å². The van der Waals surface area contributed by atoms with Crippen LogP contribution in [0.5, 0.6) is 5.75 Å². The highest BCUT2D eigenvalue weighted by Crippen LogP contribution is 2.57. The minimum Gasteiger partial charge on any atom is -0.484 e. The standard InChI is InChI=1S/C29H24ClF4N5OS.C7H12FN/c1-4-18-12(2)39-11-19(14-7-8-38(10-14)13(3)28(33)34)40-26-22(30)21(23(32)24(37-18)25(26)39)15-5-6-17(31)27-20(15)16(9-35)29(36)41-27;8-6-4-7-2-1-3-9(7)5-6/h5-6,14,19,28H,2-4,7-8,10-11,36H2,1H3;6-7H,1-5H2. The Morgan fingerprint density at radius 2 is 2.00 bits per heavy atom. The SMILES string of the molecule is C=C(C(F)F)N1CCC(C2CN3C(=C)C(CC)=Nc4c(F)c(-c5ccc(F)c6sc(N)c(C#N)c56)c(Cl)c(c43)O2)C1.FC1CC2CCCN2C1. The van der Waals surface area contributed by atoms with Crippen molar-refractivity contribution in [1.82, 2.24) is 9.80 Å². The van der Waals surface area contributed by atoms with Gasteiger partial charge in [-0.2, -0.15) is 5.26 Å². The number of nitriles is 1. The van der Waals surface area contributed by atoms with E-state index in [4.69, 9.17) is 22.1 Å². The lowest BCUT2D eigenvalue weighted by molar-refractivity contribution is 0.123. The van der Waals surface area contributed by atoms with Gasteiger partial charge in [-0.15, -0.1) is 11.3 Å². The van der Waals surface area contributed by atoms with Crippen LogP contribution in [0.4, 0.5) is 38.3 Å². The van der Waals surface area contributed by atoms with E-state index in [0.29, 0.717) is 62.2 Å². The summed E-state index contributed by atoms with van der Waals surface area (Å²) >= 11 is 7.84. The number of likely N-dealkylation sites (tertiary alicyclic amines) is 1. The summed E-state index contributed by atoms with van der Waals surface area (Å²) < 4.78 is 77.2. The third-order valence-corrected chi connectivity index (χ3v) is 11.9. The molecule has 0 aliphatic carbocycles. The molecule has 4 atom stereocenters. The van der Waals surface area contributed by atoms with Crippen molar-refractivity contribution in [3.8, 4) is 22.9 Å². The fourth-order valence-electron chi connectivity index (χ4n) is 7.95. The van der Waals surface area contributed by atoms with Crippen LogP contribution in [0.15, 0.2) is 41.7 Å². The molecule has 264 valence electrons. The van der Waals surface area contributed by atoms with Gasteiger partial charge in [-0.25, -0.2) is 26.9 Å². The van der Waals surface area contributed by atoms with Crippen LogP contribution in [-0.2, 0) is 0 Å². The van der Waals surface area contributed by atoms with Crippen LogP contribution in [0.1, 0.15) is 44.6 Å². The van der Waals surface area contributed by atoms with Gasteiger partial charge in [0.2, 0.25) is 0 Å². The predicted molar refractivity (Wildman–Crippen MR) is 189 cm³/mol. The second-order valence-corrected chi connectivity index (χ2v) is 14.7. The Hall–Kier alpha value is -3.86. The molecule has 4 unspecified atom stereocenters. The van der Waals surface area contributed by atoms with Crippen molar-refractivity contribution in [2.75, 3.05) is 43.4 Å². The maximum absolute atomic E-state index is 16.5. The Bertz CT molecular complexity index is 1960. The van der Waals surface area contributed by atoms with Gasteiger partial charge in [-0.1, -0.05) is 37.7 Å². The van der Waals surface area contributed by atoms with E-state index in [1.54, 1.807) is 4.90 Å². The van der Waals surface area contributed by atoms with Crippen molar-refractivity contribution in [3.63, 3.8) is 0 Å². The number of rotatable bonds is 5. The number of hydrogen-bond acceptors (Lipinski definition) is 8. The summed E-state index contributed by atoms with van der Waals surface area (Å²) in [5.74, 6) is -1.33. The highest BCUT2D eigenvalue weighted by Gasteiger charge is 2.43.